The lowest BCUT2D eigenvalue weighted by Crippen LogP contribution is -2.48. The Bertz CT molecular complexity index is 602. The highest BCUT2D eigenvalue weighted by Gasteiger charge is 2.28. The molecule has 5 nitrogen and oxygen atoms in total. The Morgan fingerprint density at radius 1 is 1.24 bits per heavy atom. The van der Waals surface area contributed by atoms with Gasteiger partial charge in [-0.2, -0.15) is 0 Å². The molecule has 2 rings (SSSR count). The minimum absolute atomic E-state index is 0. The van der Waals surface area contributed by atoms with E-state index in [0.717, 1.165) is 13.1 Å². The van der Waals surface area contributed by atoms with E-state index in [1.54, 1.807) is 41.3 Å². The van der Waals surface area contributed by atoms with E-state index in [1.807, 2.05) is 6.92 Å². The van der Waals surface area contributed by atoms with Gasteiger partial charge in [0.05, 0.1) is 0 Å². The number of benzene rings is 1. The minimum Gasteiger partial charge on any atom is -0.331 e. The molecule has 2 amide bonds. The summed E-state index contributed by atoms with van der Waals surface area (Å²) in [6.45, 7) is 12.0. The SMILES string of the molecule is C=CCN(CC=C)C(=O)c1ccc(NC(=O)C(C)C2CNC2)cc1.Cl. The quantitative estimate of drug-likeness (QED) is 0.698. The van der Waals surface area contributed by atoms with Crippen molar-refractivity contribution in [3.05, 3.63) is 55.1 Å². The Morgan fingerprint density at radius 3 is 2.24 bits per heavy atom. The first-order valence-corrected chi connectivity index (χ1v) is 8.19. The summed E-state index contributed by atoms with van der Waals surface area (Å²) in [7, 11) is 0. The fraction of sp³-hybridized carbons (Fsp3) is 0.368. The number of carbonyl (C=O) groups excluding carboxylic acids is 2. The van der Waals surface area contributed by atoms with Gasteiger partial charge in [-0.1, -0.05) is 19.1 Å². The van der Waals surface area contributed by atoms with Gasteiger partial charge in [0.1, 0.15) is 0 Å². The predicted octanol–water partition coefficient (Wildman–Crippen LogP) is 2.72. The van der Waals surface area contributed by atoms with Gasteiger partial charge in [-0.3, -0.25) is 9.59 Å². The predicted molar refractivity (Wildman–Crippen MR) is 104 cm³/mol. The van der Waals surface area contributed by atoms with Crippen LogP contribution in [0.15, 0.2) is 49.6 Å². The first-order chi connectivity index (χ1) is 11.6. The van der Waals surface area contributed by atoms with Crippen molar-refractivity contribution in [1.82, 2.24) is 10.2 Å². The van der Waals surface area contributed by atoms with E-state index in [0.29, 0.717) is 30.3 Å². The smallest absolute Gasteiger partial charge is 0.254 e. The van der Waals surface area contributed by atoms with Crippen molar-refractivity contribution in [3.8, 4) is 0 Å². The lowest BCUT2D eigenvalue weighted by molar-refractivity contribution is -0.121. The normalized spacial score (nSPS) is 14.4. The second kappa shape index (κ2) is 10.0. The number of amides is 2. The van der Waals surface area contributed by atoms with Gasteiger partial charge < -0.3 is 15.5 Å². The molecule has 0 aromatic heterocycles. The zero-order valence-electron chi connectivity index (χ0n) is 14.5. The summed E-state index contributed by atoms with van der Waals surface area (Å²) < 4.78 is 0. The number of anilines is 1. The molecule has 1 fully saturated rings. The van der Waals surface area contributed by atoms with Crippen LogP contribution in [0.25, 0.3) is 0 Å². The lowest BCUT2D eigenvalue weighted by Gasteiger charge is -2.31. The van der Waals surface area contributed by atoms with E-state index in [1.165, 1.54) is 0 Å². The van der Waals surface area contributed by atoms with Gasteiger partial charge in [0.2, 0.25) is 5.91 Å². The van der Waals surface area contributed by atoms with Crippen molar-refractivity contribution in [3.63, 3.8) is 0 Å². The first-order valence-electron chi connectivity index (χ1n) is 8.19. The summed E-state index contributed by atoms with van der Waals surface area (Å²) in [6, 6.07) is 6.98. The van der Waals surface area contributed by atoms with E-state index in [4.69, 9.17) is 0 Å². The second-order valence-corrected chi connectivity index (χ2v) is 6.06. The molecule has 0 bridgehead atoms. The third-order valence-corrected chi connectivity index (χ3v) is 4.32. The van der Waals surface area contributed by atoms with E-state index < -0.39 is 0 Å². The van der Waals surface area contributed by atoms with Gasteiger partial charge in [-0.15, -0.1) is 25.6 Å². The fourth-order valence-corrected chi connectivity index (χ4v) is 2.57. The Morgan fingerprint density at radius 2 is 1.80 bits per heavy atom. The van der Waals surface area contributed by atoms with Crippen LogP contribution >= 0.6 is 12.4 Å². The van der Waals surface area contributed by atoms with Gasteiger partial charge in [0.25, 0.3) is 5.91 Å². The minimum atomic E-state index is -0.0819. The first kappa shape index (κ1) is 20.9. The van der Waals surface area contributed by atoms with Crippen LogP contribution in [0.2, 0.25) is 0 Å². The number of halogens is 1. The number of hydrogen-bond acceptors (Lipinski definition) is 3. The number of nitrogens with zero attached hydrogens (tertiary/aromatic N) is 1. The zero-order chi connectivity index (χ0) is 17.5. The molecule has 0 saturated carbocycles. The molecule has 1 aliphatic heterocycles. The molecule has 1 heterocycles. The number of hydrogen-bond donors (Lipinski definition) is 2. The van der Waals surface area contributed by atoms with Crippen LogP contribution in [0.5, 0.6) is 0 Å². The highest BCUT2D eigenvalue weighted by atomic mass is 35.5. The summed E-state index contributed by atoms with van der Waals surface area (Å²) in [4.78, 5) is 26.3. The molecule has 6 heteroatoms. The molecule has 1 saturated heterocycles. The van der Waals surface area contributed by atoms with Gasteiger partial charge in [-0.25, -0.2) is 0 Å². The van der Waals surface area contributed by atoms with Gasteiger partial charge >= 0.3 is 0 Å². The third-order valence-electron chi connectivity index (χ3n) is 4.32. The largest absolute Gasteiger partial charge is 0.331 e. The highest BCUT2D eigenvalue weighted by Crippen LogP contribution is 2.19. The number of carbonyl (C=O) groups is 2. The van der Waals surface area contributed by atoms with Crippen molar-refractivity contribution >= 4 is 29.9 Å². The van der Waals surface area contributed by atoms with Crippen molar-refractivity contribution in [2.75, 3.05) is 31.5 Å². The monoisotopic (exact) mass is 363 g/mol. The second-order valence-electron chi connectivity index (χ2n) is 6.06. The maximum atomic E-state index is 12.4. The Hall–Kier alpha value is -2.11. The highest BCUT2D eigenvalue weighted by molar-refractivity contribution is 5.96. The summed E-state index contributed by atoms with van der Waals surface area (Å²) in [6.07, 6.45) is 3.37. The van der Waals surface area contributed by atoms with E-state index in [-0.39, 0.29) is 30.1 Å². The summed E-state index contributed by atoms with van der Waals surface area (Å²) in [5.41, 5.74) is 1.28. The molecule has 1 aromatic rings. The molecular weight excluding hydrogens is 338 g/mol. The fourth-order valence-electron chi connectivity index (χ4n) is 2.57. The Labute approximate surface area is 155 Å². The van der Waals surface area contributed by atoms with Crippen LogP contribution in [0.4, 0.5) is 5.69 Å². The summed E-state index contributed by atoms with van der Waals surface area (Å²) in [5, 5.41) is 6.09. The molecule has 1 aromatic carbocycles. The van der Waals surface area contributed by atoms with Crippen molar-refractivity contribution in [2.24, 2.45) is 11.8 Å². The molecule has 0 aliphatic carbocycles. The summed E-state index contributed by atoms with van der Waals surface area (Å²) >= 11 is 0. The maximum Gasteiger partial charge on any atom is 0.254 e. The van der Waals surface area contributed by atoms with E-state index in [2.05, 4.69) is 23.8 Å². The van der Waals surface area contributed by atoms with Crippen LogP contribution in [-0.4, -0.2) is 42.9 Å². The molecule has 2 N–H and O–H groups in total. The molecule has 1 unspecified atom stereocenters. The van der Waals surface area contributed by atoms with E-state index in [9.17, 15) is 9.59 Å². The molecule has 0 radical (unpaired) electrons. The maximum absolute atomic E-state index is 12.4. The molecule has 25 heavy (non-hydrogen) atoms. The van der Waals surface area contributed by atoms with Gasteiger partial charge in [0, 0.05) is 30.3 Å². The molecular formula is C19H26ClN3O2. The Kier molecular flexibility index (Phi) is 8.38. The standard InChI is InChI=1S/C19H25N3O2.ClH/c1-4-10-22(11-5-2)19(24)15-6-8-17(9-7-15)21-18(23)14(3)16-12-20-13-16;/h4-9,14,16,20H,1-2,10-13H2,3H3,(H,21,23);1H. The average Bonchev–Trinajstić information content (AvgIpc) is 2.53. The lowest BCUT2D eigenvalue weighted by atomic mass is 9.88. The number of nitrogens with one attached hydrogen (secondary N) is 2. The topological polar surface area (TPSA) is 61.4 Å². The van der Waals surface area contributed by atoms with E-state index >= 15 is 0 Å². The Balaban J connectivity index is 0.00000312. The van der Waals surface area contributed by atoms with Crippen LogP contribution in [0.3, 0.4) is 0 Å². The van der Waals surface area contributed by atoms with Crippen molar-refractivity contribution in [1.29, 1.82) is 0 Å². The van der Waals surface area contributed by atoms with Crippen LogP contribution in [-0.2, 0) is 4.79 Å². The van der Waals surface area contributed by atoms with Gasteiger partial charge in [-0.05, 0) is 43.3 Å². The molecule has 1 aliphatic rings. The van der Waals surface area contributed by atoms with Gasteiger partial charge in [0.15, 0.2) is 0 Å². The number of rotatable bonds is 8. The van der Waals surface area contributed by atoms with Crippen molar-refractivity contribution < 1.29 is 9.59 Å². The summed E-state index contributed by atoms with van der Waals surface area (Å²) in [5.74, 6) is 0.308. The van der Waals surface area contributed by atoms with Crippen LogP contribution < -0.4 is 10.6 Å². The molecule has 136 valence electrons. The molecule has 0 spiro atoms. The molecule has 1 atom stereocenters. The van der Waals surface area contributed by atoms with Crippen molar-refractivity contribution in [2.45, 2.75) is 6.92 Å². The third kappa shape index (κ3) is 5.44. The van der Waals surface area contributed by atoms with Crippen LogP contribution in [0.1, 0.15) is 17.3 Å². The zero-order valence-corrected chi connectivity index (χ0v) is 15.3. The average molecular weight is 364 g/mol. The van der Waals surface area contributed by atoms with Crippen LogP contribution in [0, 0.1) is 11.8 Å².